The Bertz CT molecular complexity index is 888. The van der Waals surface area contributed by atoms with Gasteiger partial charge in [0.25, 0.3) is 5.91 Å². The summed E-state index contributed by atoms with van der Waals surface area (Å²) in [4.78, 5) is 16.9. The van der Waals surface area contributed by atoms with Crippen LogP contribution in [0.4, 0.5) is 13.2 Å². The fraction of sp³-hybridized carbons (Fsp3) is 0.350. The molecule has 0 aromatic heterocycles. The first kappa shape index (κ1) is 20.6. The highest BCUT2D eigenvalue weighted by Gasteiger charge is 2.35. The van der Waals surface area contributed by atoms with Crippen molar-refractivity contribution in [3.8, 4) is 0 Å². The van der Waals surface area contributed by atoms with E-state index >= 15 is 0 Å². The Morgan fingerprint density at radius 2 is 2.17 bits per heavy atom. The minimum Gasteiger partial charge on any atom is -0.396 e. The van der Waals surface area contributed by atoms with E-state index in [2.05, 4.69) is 15.6 Å². The molecule has 154 valence electrons. The van der Waals surface area contributed by atoms with Gasteiger partial charge in [-0.05, 0) is 30.5 Å². The van der Waals surface area contributed by atoms with E-state index in [4.69, 9.17) is 4.84 Å². The van der Waals surface area contributed by atoms with Crippen molar-refractivity contribution in [1.29, 1.82) is 0 Å². The van der Waals surface area contributed by atoms with Crippen LogP contribution in [-0.2, 0) is 16.1 Å². The number of carbonyl (C=O) groups excluding carboxylic acids is 1. The van der Waals surface area contributed by atoms with Crippen molar-refractivity contribution in [3.63, 3.8) is 0 Å². The molecule has 0 spiro atoms. The predicted octanol–water partition coefficient (Wildman–Crippen LogP) is 3.16. The van der Waals surface area contributed by atoms with Gasteiger partial charge in [0, 0.05) is 12.0 Å². The Balaban J connectivity index is 1.80. The molecule has 2 aliphatic rings. The van der Waals surface area contributed by atoms with Crippen molar-refractivity contribution in [3.05, 3.63) is 59.2 Å². The molecular formula is C20H21F3N4O2. The molecular weight excluding hydrogens is 385 g/mol. The van der Waals surface area contributed by atoms with Crippen molar-refractivity contribution >= 4 is 17.5 Å². The summed E-state index contributed by atoms with van der Waals surface area (Å²) in [5, 5.41) is 11.3. The molecule has 29 heavy (non-hydrogen) atoms. The summed E-state index contributed by atoms with van der Waals surface area (Å²) in [6, 6.07) is 7.30. The first-order valence-electron chi connectivity index (χ1n) is 9.19. The van der Waals surface area contributed by atoms with Crippen molar-refractivity contribution in [2.24, 2.45) is 10.3 Å². The van der Waals surface area contributed by atoms with Crippen LogP contribution in [0.3, 0.4) is 0 Å². The number of amidine groups is 1. The minimum atomic E-state index is -4.51. The van der Waals surface area contributed by atoms with Crippen LogP contribution in [0.1, 0.15) is 24.5 Å². The standard InChI is InChI=1S/C20H21F3N4O2/c1-2-29-26-17-9-4-3-7-15(17)10-14-6-5-8-16(11-14)19-24-12-18(28)27(25-19)13-20(21,22)23/h3-8,11H,2,9-10,12-13H2,1H3,(H,24,25)/b26-17-. The highest BCUT2D eigenvalue weighted by molar-refractivity contribution is 6.04. The molecule has 0 saturated heterocycles. The van der Waals surface area contributed by atoms with E-state index in [9.17, 15) is 18.0 Å². The van der Waals surface area contributed by atoms with Crippen molar-refractivity contribution < 1.29 is 22.8 Å². The molecule has 6 nitrogen and oxygen atoms in total. The molecule has 1 heterocycles. The number of rotatable bonds is 6. The summed E-state index contributed by atoms with van der Waals surface area (Å²) in [7, 11) is 0. The van der Waals surface area contributed by atoms with Gasteiger partial charge >= 0.3 is 6.18 Å². The second kappa shape index (κ2) is 8.93. The van der Waals surface area contributed by atoms with Crippen LogP contribution in [0, 0.1) is 0 Å². The SMILES string of the molecule is CCO/N=C1/CC=CC=C1Cc1cccc(C2=NN(CC(F)(F)F)C(=O)CN2)c1. The third-order valence-electron chi connectivity index (χ3n) is 4.26. The molecule has 1 aromatic carbocycles. The van der Waals surface area contributed by atoms with E-state index in [1.165, 1.54) is 0 Å². The number of allylic oxidation sites excluding steroid dienone is 4. The number of alkyl halides is 3. The normalized spacial score (nSPS) is 18.4. The Hall–Kier alpha value is -3.10. The van der Waals surface area contributed by atoms with E-state index in [0.29, 0.717) is 30.0 Å². The van der Waals surface area contributed by atoms with Gasteiger partial charge in [0.15, 0.2) is 5.84 Å². The van der Waals surface area contributed by atoms with Gasteiger partial charge in [-0.25, -0.2) is 5.01 Å². The smallest absolute Gasteiger partial charge is 0.396 e. The van der Waals surface area contributed by atoms with E-state index in [0.717, 1.165) is 16.8 Å². The monoisotopic (exact) mass is 406 g/mol. The fourth-order valence-electron chi connectivity index (χ4n) is 2.95. The van der Waals surface area contributed by atoms with Crippen molar-refractivity contribution in [1.82, 2.24) is 10.3 Å². The number of amides is 1. The summed E-state index contributed by atoms with van der Waals surface area (Å²) >= 11 is 0. The number of hydrogen-bond acceptors (Lipinski definition) is 5. The highest BCUT2D eigenvalue weighted by atomic mass is 19.4. The number of hydrogen-bond donors (Lipinski definition) is 1. The molecule has 1 aromatic rings. The Morgan fingerprint density at radius 1 is 1.34 bits per heavy atom. The molecule has 1 aliphatic heterocycles. The number of benzene rings is 1. The summed E-state index contributed by atoms with van der Waals surface area (Å²) in [6.45, 7) is 0.697. The molecule has 1 aliphatic carbocycles. The third kappa shape index (κ3) is 5.69. The summed E-state index contributed by atoms with van der Waals surface area (Å²) in [5.74, 6) is -0.491. The maximum Gasteiger partial charge on any atom is 0.408 e. The minimum absolute atomic E-state index is 0.233. The summed E-state index contributed by atoms with van der Waals surface area (Å²) in [6.07, 6.45) is 2.66. The van der Waals surface area contributed by atoms with Gasteiger partial charge in [0.2, 0.25) is 0 Å². The van der Waals surface area contributed by atoms with Gasteiger partial charge in [0.1, 0.15) is 13.2 Å². The van der Waals surface area contributed by atoms with Crippen LogP contribution in [0.15, 0.2) is 58.3 Å². The molecule has 0 bridgehead atoms. The van der Waals surface area contributed by atoms with Crippen LogP contribution < -0.4 is 5.32 Å². The highest BCUT2D eigenvalue weighted by Crippen LogP contribution is 2.20. The lowest BCUT2D eigenvalue weighted by atomic mass is 9.95. The second-order valence-corrected chi connectivity index (χ2v) is 6.53. The van der Waals surface area contributed by atoms with Gasteiger partial charge in [-0.3, -0.25) is 4.79 Å². The molecule has 0 unspecified atom stereocenters. The number of carbonyl (C=O) groups is 1. The third-order valence-corrected chi connectivity index (χ3v) is 4.26. The van der Waals surface area contributed by atoms with Crippen LogP contribution >= 0.6 is 0 Å². The Morgan fingerprint density at radius 3 is 2.93 bits per heavy atom. The zero-order valence-corrected chi connectivity index (χ0v) is 15.9. The number of nitrogens with one attached hydrogen (secondary N) is 1. The zero-order chi connectivity index (χ0) is 20.9. The van der Waals surface area contributed by atoms with E-state index < -0.39 is 18.6 Å². The number of hydrazone groups is 1. The van der Waals surface area contributed by atoms with E-state index in [1.54, 1.807) is 12.1 Å². The average Bonchev–Trinajstić information content (AvgIpc) is 2.68. The maximum absolute atomic E-state index is 12.7. The topological polar surface area (TPSA) is 66.3 Å². The van der Waals surface area contributed by atoms with Crippen LogP contribution in [0.5, 0.6) is 0 Å². The van der Waals surface area contributed by atoms with Crippen LogP contribution in [0.25, 0.3) is 0 Å². The van der Waals surface area contributed by atoms with Gasteiger partial charge in [-0.15, -0.1) is 0 Å². The predicted molar refractivity (Wildman–Crippen MR) is 103 cm³/mol. The molecule has 0 radical (unpaired) electrons. The summed E-state index contributed by atoms with van der Waals surface area (Å²) in [5.41, 5.74) is 3.40. The van der Waals surface area contributed by atoms with Crippen LogP contribution in [0.2, 0.25) is 0 Å². The molecule has 9 heteroatoms. The lowest BCUT2D eigenvalue weighted by Crippen LogP contribution is -2.47. The Labute approximate surface area is 166 Å². The van der Waals surface area contributed by atoms with Gasteiger partial charge in [-0.2, -0.15) is 18.3 Å². The molecule has 1 N–H and O–H groups in total. The number of oxime groups is 1. The lowest BCUT2D eigenvalue weighted by Gasteiger charge is -2.25. The van der Waals surface area contributed by atoms with Crippen LogP contribution in [-0.4, -0.2) is 48.3 Å². The number of nitrogens with zero attached hydrogens (tertiary/aromatic N) is 3. The molecule has 0 saturated carbocycles. The molecule has 0 fully saturated rings. The Kier molecular flexibility index (Phi) is 6.36. The fourth-order valence-corrected chi connectivity index (χ4v) is 2.95. The van der Waals surface area contributed by atoms with Gasteiger partial charge in [0.05, 0.1) is 12.3 Å². The first-order valence-corrected chi connectivity index (χ1v) is 9.19. The van der Waals surface area contributed by atoms with Gasteiger partial charge < -0.3 is 10.2 Å². The quantitative estimate of drug-likeness (QED) is 0.738. The molecule has 3 rings (SSSR count). The summed E-state index contributed by atoms with van der Waals surface area (Å²) < 4.78 is 38.0. The number of halogens is 3. The zero-order valence-electron chi connectivity index (χ0n) is 15.9. The average molecular weight is 406 g/mol. The van der Waals surface area contributed by atoms with Crippen molar-refractivity contribution in [2.75, 3.05) is 19.7 Å². The second-order valence-electron chi connectivity index (χ2n) is 6.53. The molecule has 0 atom stereocenters. The largest absolute Gasteiger partial charge is 0.408 e. The van der Waals surface area contributed by atoms with Crippen molar-refractivity contribution in [2.45, 2.75) is 25.9 Å². The lowest BCUT2D eigenvalue weighted by molar-refractivity contribution is -0.161. The first-order chi connectivity index (χ1) is 13.9. The van der Waals surface area contributed by atoms with Gasteiger partial charge in [-0.1, -0.05) is 41.6 Å². The maximum atomic E-state index is 12.7. The molecule has 1 amide bonds. The van der Waals surface area contributed by atoms with E-state index in [1.807, 2.05) is 37.3 Å². The van der Waals surface area contributed by atoms with E-state index in [-0.39, 0.29) is 12.4 Å².